The Balaban J connectivity index is 2.96. The number of rotatable bonds is 16. The summed E-state index contributed by atoms with van der Waals surface area (Å²) in [7, 11) is 0. The first-order valence-electron chi connectivity index (χ1n) is 10.9. The number of primary amides is 1. The van der Waals surface area contributed by atoms with Crippen LogP contribution in [0.1, 0.15) is 24.8 Å². The van der Waals surface area contributed by atoms with E-state index in [0.29, 0.717) is 5.75 Å². The number of nitrogens with two attached hydrogens (primary N) is 2. The van der Waals surface area contributed by atoms with E-state index in [1.54, 1.807) is 36.6 Å². The number of carboxylic acids is 2. The number of carbonyl (C=O) groups is 6. The van der Waals surface area contributed by atoms with Crippen molar-refractivity contribution in [1.29, 1.82) is 0 Å². The second-order valence-electron chi connectivity index (χ2n) is 7.87. The molecule has 36 heavy (non-hydrogen) atoms. The Kier molecular flexibility index (Phi) is 13.0. The van der Waals surface area contributed by atoms with Crippen LogP contribution in [0.2, 0.25) is 0 Å². The molecular weight excluding hydrogens is 494 g/mol. The summed E-state index contributed by atoms with van der Waals surface area (Å²) in [5.41, 5.74) is 11.8. The molecule has 0 spiro atoms. The molecule has 0 heterocycles. The number of thioether (sulfide) groups is 1. The fraction of sp³-hybridized carbons (Fsp3) is 0.455. The summed E-state index contributed by atoms with van der Waals surface area (Å²) in [5, 5.41) is 25.2. The van der Waals surface area contributed by atoms with Gasteiger partial charge in [0.25, 0.3) is 0 Å². The molecule has 0 saturated heterocycles. The summed E-state index contributed by atoms with van der Waals surface area (Å²) in [6.45, 7) is 0. The average Bonchev–Trinajstić information content (AvgIpc) is 2.80. The van der Waals surface area contributed by atoms with Crippen molar-refractivity contribution in [1.82, 2.24) is 16.0 Å². The predicted octanol–water partition coefficient (Wildman–Crippen LogP) is -1.80. The van der Waals surface area contributed by atoms with Crippen molar-refractivity contribution in [2.24, 2.45) is 11.5 Å². The molecule has 4 unspecified atom stereocenters. The number of carboxylic acid groups (broad SMARTS) is 2. The Hall–Kier alpha value is -3.65. The molecule has 198 valence electrons. The number of hydrogen-bond donors (Lipinski definition) is 7. The zero-order chi connectivity index (χ0) is 27.3. The first-order chi connectivity index (χ1) is 16.9. The lowest BCUT2D eigenvalue weighted by Gasteiger charge is -2.24. The SMILES string of the molecule is CSCCC(NC(=O)C(CC(N)=O)NC(=O)C(CC(=O)O)NC(=O)C(N)Cc1ccccc1)C(=O)O. The fourth-order valence-corrected chi connectivity index (χ4v) is 3.54. The minimum atomic E-state index is -1.63. The molecule has 4 atom stereocenters. The van der Waals surface area contributed by atoms with Gasteiger partial charge < -0.3 is 37.6 Å². The van der Waals surface area contributed by atoms with Gasteiger partial charge in [0.1, 0.15) is 18.1 Å². The van der Waals surface area contributed by atoms with Crippen molar-refractivity contribution >= 4 is 47.3 Å². The topological polar surface area (TPSA) is 231 Å². The minimum absolute atomic E-state index is 0.0798. The van der Waals surface area contributed by atoms with Gasteiger partial charge in [0.2, 0.25) is 23.6 Å². The standard InChI is InChI=1S/C22H31N5O8S/c1-36-8-7-14(22(34)35)25-20(32)15(10-17(24)28)27-21(33)16(11-18(29)30)26-19(31)13(23)9-12-5-3-2-4-6-12/h2-6,13-16H,7-11,23H2,1H3,(H2,24,28)(H,25,32)(H,26,31)(H,27,33)(H,29,30)(H,34,35). The van der Waals surface area contributed by atoms with Gasteiger partial charge in [0.15, 0.2) is 0 Å². The van der Waals surface area contributed by atoms with Crippen LogP contribution in [0.4, 0.5) is 0 Å². The van der Waals surface area contributed by atoms with Crippen molar-refractivity contribution in [2.75, 3.05) is 12.0 Å². The van der Waals surface area contributed by atoms with Gasteiger partial charge in [-0.3, -0.25) is 24.0 Å². The van der Waals surface area contributed by atoms with E-state index in [1.807, 2.05) is 0 Å². The van der Waals surface area contributed by atoms with Crippen LogP contribution in [-0.2, 0) is 35.2 Å². The molecule has 0 radical (unpaired) electrons. The Morgan fingerprint density at radius 2 is 1.39 bits per heavy atom. The van der Waals surface area contributed by atoms with Crippen LogP contribution in [-0.4, -0.2) is 82.0 Å². The van der Waals surface area contributed by atoms with Gasteiger partial charge in [0, 0.05) is 0 Å². The maximum Gasteiger partial charge on any atom is 0.326 e. The summed E-state index contributed by atoms with van der Waals surface area (Å²) in [4.78, 5) is 72.2. The lowest BCUT2D eigenvalue weighted by Crippen LogP contribution is -2.58. The Bertz CT molecular complexity index is 946. The smallest absolute Gasteiger partial charge is 0.326 e. The highest BCUT2D eigenvalue weighted by Crippen LogP contribution is 2.05. The van der Waals surface area contributed by atoms with Gasteiger partial charge in [-0.2, -0.15) is 11.8 Å². The normalized spacial score (nSPS) is 13.9. The second kappa shape index (κ2) is 15.4. The summed E-state index contributed by atoms with van der Waals surface area (Å²) in [6, 6.07) is 3.14. The molecule has 9 N–H and O–H groups in total. The molecule has 0 aromatic heterocycles. The van der Waals surface area contributed by atoms with Crippen LogP contribution in [0.3, 0.4) is 0 Å². The predicted molar refractivity (Wildman–Crippen MR) is 131 cm³/mol. The lowest BCUT2D eigenvalue weighted by molar-refractivity contribution is -0.143. The number of hydrogen-bond acceptors (Lipinski definition) is 8. The minimum Gasteiger partial charge on any atom is -0.481 e. The average molecular weight is 526 g/mol. The third-order valence-corrected chi connectivity index (χ3v) is 5.55. The van der Waals surface area contributed by atoms with Gasteiger partial charge in [0.05, 0.1) is 18.9 Å². The summed E-state index contributed by atoms with van der Waals surface area (Å²) in [6.07, 6.45) is 0.420. The lowest BCUT2D eigenvalue weighted by atomic mass is 10.0. The first kappa shape index (κ1) is 30.4. The van der Waals surface area contributed by atoms with Gasteiger partial charge in [-0.1, -0.05) is 30.3 Å². The molecule has 0 saturated carbocycles. The summed E-state index contributed by atoms with van der Waals surface area (Å²) < 4.78 is 0. The first-order valence-corrected chi connectivity index (χ1v) is 12.3. The van der Waals surface area contributed by atoms with Gasteiger partial charge in [-0.05, 0) is 30.4 Å². The maximum absolute atomic E-state index is 12.8. The van der Waals surface area contributed by atoms with E-state index in [4.69, 9.17) is 11.5 Å². The number of aliphatic carboxylic acids is 2. The molecule has 14 heteroatoms. The fourth-order valence-electron chi connectivity index (χ4n) is 3.07. The summed E-state index contributed by atoms with van der Waals surface area (Å²) in [5.74, 6) is -6.20. The highest BCUT2D eigenvalue weighted by molar-refractivity contribution is 7.98. The highest BCUT2D eigenvalue weighted by atomic mass is 32.2. The number of amides is 4. The second-order valence-corrected chi connectivity index (χ2v) is 8.85. The maximum atomic E-state index is 12.8. The van der Waals surface area contributed by atoms with E-state index < -0.39 is 72.6 Å². The molecule has 0 aliphatic heterocycles. The third-order valence-electron chi connectivity index (χ3n) is 4.91. The van der Waals surface area contributed by atoms with Crippen molar-refractivity contribution in [3.8, 4) is 0 Å². The van der Waals surface area contributed by atoms with E-state index in [1.165, 1.54) is 11.8 Å². The summed E-state index contributed by atoms with van der Waals surface area (Å²) >= 11 is 1.36. The largest absolute Gasteiger partial charge is 0.481 e. The van der Waals surface area contributed by atoms with Crippen LogP contribution in [0.25, 0.3) is 0 Å². The van der Waals surface area contributed by atoms with Gasteiger partial charge in [-0.15, -0.1) is 0 Å². The number of carbonyl (C=O) groups excluding carboxylic acids is 4. The van der Waals surface area contributed by atoms with Crippen molar-refractivity contribution in [3.63, 3.8) is 0 Å². The highest BCUT2D eigenvalue weighted by Gasteiger charge is 2.32. The molecule has 1 aromatic rings. The van der Waals surface area contributed by atoms with E-state index in [2.05, 4.69) is 16.0 Å². The van der Waals surface area contributed by atoms with E-state index >= 15 is 0 Å². The Morgan fingerprint density at radius 1 is 0.861 bits per heavy atom. The van der Waals surface area contributed by atoms with Crippen molar-refractivity contribution in [2.45, 2.75) is 49.9 Å². The van der Waals surface area contributed by atoms with E-state index in [9.17, 15) is 39.0 Å². The quantitative estimate of drug-likeness (QED) is 0.128. The molecule has 1 rings (SSSR count). The zero-order valence-corrected chi connectivity index (χ0v) is 20.5. The van der Waals surface area contributed by atoms with Crippen LogP contribution in [0, 0.1) is 0 Å². The van der Waals surface area contributed by atoms with Crippen LogP contribution in [0.5, 0.6) is 0 Å². The van der Waals surface area contributed by atoms with Crippen LogP contribution < -0.4 is 27.4 Å². The van der Waals surface area contributed by atoms with Crippen molar-refractivity contribution < 1.29 is 39.0 Å². The molecule has 0 aliphatic rings. The molecule has 0 aliphatic carbocycles. The van der Waals surface area contributed by atoms with E-state index in [0.717, 1.165) is 5.56 Å². The molecule has 0 fully saturated rings. The van der Waals surface area contributed by atoms with Crippen LogP contribution >= 0.6 is 11.8 Å². The van der Waals surface area contributed by atoms with E-state index in [-0.39, 0.29) is 12.8 Å². The number of benzene rings is 1. The molecular formula is C22H31N5O8S. The van der Waals surface area contributed by atoms with Gasteiger partial charge >= 0.3 is 11.9 Å². The number of nitrogens with one attached hydrogen (secondary N) is 3. The Labute approximate surface area is 211 Å². The Morgan fingerprint density at radius 3 is 1.89 bits per heavy atom. The van der Waals surface area contributed by atoms with Gasteiger partial charge in [-0.25, -0.2) is 4.79 Å². The molecule has 0 bridgehead atoms. The van der Waals surface area contributed by atoms with Crippen LogP contribution in [0.15, 0.2) is 30.3 Å². The third kappa shape index (κ3) is 11.2. The molecule has 4 amide bonds. The monoisotopic (exact) mass is 525 g/mol. The van der Waals surface area contributed by atoms with Crippen molar-refractivity contribution in [3.05, 3.63) is 35.9 Å². The molecule has 13 nitrogen and oxygen atoms in total. The molecule has 1 aromatic carbocycles. The zero-order valence-electron chi connectivity index (χ0n) is 19.6.